The molecule has 0 spiro atoms. The van der Waals surface area contributed by atoms with Crippen LogP contribution in [-0.2, 0) is 0 Å². The molecule has 0 atom stereocenters. The van der Waals surface area contributed by atoms with E-state index in [4.69, 9.17) is 5.11 Å². The Balaban J connectivity index is 0.00000264. The molecule has 1 aromatic carbocycles. The summed E-state index contributed by atoms with van der Waals surface area (Å²) < 4.78 is 0. The molecule has 1 fully saturated rings. The van der Waals surface area contributed by atoms with Crippen LogP contribution in [0.2, 0.25) is 0 Å². The third-order valence-corrected chi connectivity index (χ3v) is 5.44. The molecule has 0 bridgehead atoms. The maximum Gasteiger partial charge on any atom is 0.0505 e. The van der Waals surface area contributed by atoms with Gasteiger partial charge in [0.2, 0.25) is 0 Å². The third kappa shape index (κ3) is 6.92. The van der Waals surface area contributed by atoms with Crippen LogP contribution in [0, 0.1) is 0 Å². The van der Waals surface area contributed by atoms with Gasteiger partial charge < -0.3 is 10.0 Å². The van der Waals surface area contributed by atoms with Gasteiger partial charge in [0.15, 0.2) is 0 Å². The Labute approximate surface area is 151 Å². The fraction of sp³-hybridized carbons (Fsp3) is 0.667. The van der Waals surface area contributed by atoms with Crippen molar-refractivity contribution in [2.75, 3.05) is 50.0 Å². The van der Waals surface area contributed by atoms with E-state index in [1.54, 1.807) is 0 Å². The topological polar surface area (TPSA) is 26.7 Å². The first-order valence-electron chi connectivity index (χ1n) is 8.65. The van der Waals surface area contributed by atoms with Gasteiger partial charge in [-0.2, -0.15) is 0 Å². The largest absolute Gasteiger partial charge is 0.396 e. The molecule has 1 saturated heterocycles. The molecule has 1 N–H and O–H groups in total. The minimum atomic E-state index is 0. The van der Waals surface area contributed by atoms with Gasteiger partial charge in [0.1, 0.15) is 0 Å². The first-order chi connectivity index (χ1) is 10.8. The fourth-order valence-electron chi connectivity index (χ4n) is 2.89. The zero-order valence-electron chi connectivity index (χ0n) is 14.2. The van der Waals surface area contributed by atoms with Crippen LogP contribution in [0.3, 0.4) is 0 Å². The lowest BCUT2D eigenvalue weighted by molar-refractivity contribution is 0.242. The van der Waals surface area contributed by atoms with E-state index in [1.165, 1.54) is 35.7 Å². The number of hydrogen-bond acceptors (Lipinski definition) is 4. The normalized spacial score (nSPS) is 15.5. The molecule has 5 heteroatoms. The quantitative estimate of drug-likeness (QED) is 0.535. The molecular weight excluding hydrogens is 328 g/mol. The zero-order valence-corrected chi connectivity index (χ0v) is 15.9. The first-order valence-corrected chi connectivity index (χ1v) is 9.63. The van der Waals surface area contributed by atoms with Gasteiger partial charge in [-0.3, -0.25) is 4.90 Å². The van der Waals surface area contributed by atoms with Crippen LogP contribution < -0.4 is 4.90 Å². The predicted molar refractivity (Wildman–Crippen MR) is 104 cm³/mol. The summed E-state index contributed by atoms with van der Waals surface area (Å²) in [5.41, 5.74) is 1.42. The summed E-state index contributed by atoms with van der Waals surface area (Å²) in [7, 11) is 0. The number of piperazine rings is 1. The highest BCUT2D eigenvalue weighted by atomic mass is 35.5. The van der Waals surface area contributed by atoms with Crippen molar-refractivity contribution >= 4 is 29.9 Å². The Morgan fingerprint density at radius 3 is 2.48 bits per heavy atom. The smallest absolute Gasteiger partial charge is 0.0505 e. The number of thioether (sulfide) groups is 1. The van der Waals surface area contributed by atoms with Crippen molar-refractivity contribution in [2.24, 2.45) is 0 Å². The van der Waals surface area contributed by atoms with Crippen LogP contribution in [0.25, 0.3) is 0 Å². The summed E-state index contributed by atoms with van der Waals surface area (Å²) in [5.74, 6) is 1.20. The summed E-state index contributed by atoms with van der Waals surface area (Å²) in [6.45, 7) is 8.33. The van der Waals surface area contributed by atoms with Gasteiger partial charge in [-0.05, 0) is 50.1 Å². The monoisotopic (exact) mass is 358 g/mol. The van der Waals surface area contributed by atoms with Crippen LogP contribution in [0.1, 0.15) is 32.6 Å². The summed E-state index contributed by atoms with van der Waals surface area (Å²) in [6.07, 6.45) is 4.53. The second-order valence-corrected chi connectivity index (χ2v) is 7.07. The van der Waals surface area contributed by atoms with Gasteiger partial charge >= 0.3 is 0 Å². The number of aliphatic hydroxyl groups excluding tert-OH is 1. The minimum Gasteiger partial charge on any atom is -0.396 e. The lowest BCUT2D eigenvalue weighted by Gasteiger charge is -2.37. The van der Waals surface area contributed by atoms with Crippen molar-refractivity contribution in [3.05, 3.63) is 24.3 Å². The molecule has 132 valence electrons. The Bertz CT molecular complexity index is 425. The summed E-state index contributed by atoms with van der Waals surface area (Å²) >= 11 is 1.98. The molecule has 0 aliphatic carbocycles. The molecule has 1 aliphatic rings. The average molecular weight is 359 g/mol. The van der Waals surface area contributed by atoms with Crippen molar-refractivity contribution in [1.82, 2.24) is 4.90 Å². The van der Waals surface area contributed by atoms with E-state index in [2.05, 4.69) is 41.0 Å². The third-order valence-electron chi connectivity index (χ3n) is 4.17. The lowest BCUT2D eigenvalue weighted by atomic mass is 10.2. The second-order valence-electron chi connectivity index (χ2n) is 5.93. The van der Waals surface area contributed by atoms with Crippen LogP contribution in [-0.4, -0.2) is 55.1 Å². The summed E-state index contributed by atoms with van der Waals surface area (Å²) in [5, 5.41) is 8.83. The van der Waals surface area contributed by atoms with Crippen LogP contribution in [0.5, 0.6) is 0 Å². The average Bonchev–Trinajstić information content (AvgIpc) is 2.58. The van der Waals surface area contributed by atoms with Crippen molar-refractivity contribution in [1.29, 1.82) is 0 Å². The Hall–Kier alpha value is -0.420. The standard InChI is InChI=1S/C18H30N2OS.ClH/c1-2-16-22-18-9-5-4-8-17(18)20-13-11-19(12-14-20)10-6-3-7-15-21;/h4-5,8-9,21H,2-3,6-7,10-16H2,1H3;1H. The number of rotatable bonds is 9. The van der Waals surface area contributed by atoms with Gasteiger partial charge in [-0.25, -0.2) is 0 Å². The van der Waals surface area contributed by atoms with E-state index in [9.17, 15) is 0 Å². The number of halogens is 1. The van der Waals surface area contributed by atoms with Crippen molar-refractivity contribution in [3.63, 3.8) is 0 Å². The Kier molecular flexibility index (Phi) is 10.8. The molecule has 0 unspecified atom stereocenters. The van der Waals surface area contributed by atoms with E-state index < -0.39 is 0 Å². The molecule has 1 aromatic rings. The number of benzene rings is 1. The number of unbranched alkanes of at least 4 members (excludes halogenated alkanes) is 2. The molecule has 0 aromatic heterocycles. The Morgan fingerprint density at radius 1 is 1.04 bits per heavy atom. The SMILES string of the molecule is CCCSc1ccccc1N1CCN(CCCCCO)CC1.Cl. The molecule has 0 saturated carbocycles. The molecule has 23 heavy (non-hydrogen) atoms. The van der Waals surface area contributed by atoms with Gasteiger partial charge in [-0.1, -0.05) is 19.1 Å². The maximum atomic E-state index is 8.83. The van der Waals surface area contributed by atoms with E-state index >= 15 is 0 Å². The Morgan fingerprint density at radius 2 is 1.78 bits per heavy atom. The summed E-state index contributed by atoms with van der Waals surface area (Å²) in [4.78, 5) is 6.54. The predicted octanol–water partition coefficient (Wildman–Crippen LogP) is 3.90. The van der Waals surface area contributed by atoms with Gasteiger partial charge in [0.05, 0.1) is 5.69 Å². The zero-order chi connectivity index (χ0) is 15.6. The van der Waals surface area contributed by atoms with Gasteiger partial charge in [0.25, 0.3) is 0 Å². The van der Waals surface area contributed by atoms with Crippen molar-refractivity contribution < 1.29 is 5.11 Å². The molecule has 3 nitrogen and oxygen atoms in total. The van der Waals surface area contributed by atoms with Crippen LogP contribution in [0.4, 0.5) is 5.69 Å². The number of anilines is 1. The molecular formula is C18H31ClN2OS. The molecule has 2 rings (SSSR count). The second kappa shape index (κ2) is 12.0. The van der Waals surface area contributed by atoms with E-state index in [-0.39, 0.29) is 12.4 Å². The molecule has 0 amide bonds. The number of nitrogens with zero attached hydrogens (tertiary/aromatic N) is 2. The number of para-hydroxylation sites is 1. The van der Waals surface area contributed by atoms with E-state index in [0.29, 0.717) is 6.61 Å². The van der Waals surface area contributed by atoms with Crippen molar-refractivity contribution in [3.8, 4) is 0 Å². The first kappa shape index (κ1) is 20.6. The fourth-order valence-corrected chi connectivity index (χ4v) is 3.83. The molecule has 1 heterocycles. The van der Waals surface area contributed by atoms with Crippen LogP contribution in [0.15, 0.2) is 29.2 Å². The number of aliphatic hydroxyl groups is 1. The maximum absolute atomic E-state index is 8.83. The molecule has 1 aliphatic heterocycles. The van der Waals surface area contributed by atoms with Gasteiger partial charge in [0, 0.05) is 37.7 Å². The van der Waals surface area contributed by atoms with Crippen LogP contribution >= 0.6 is 24.2 Å². The van der Waals surface area contributed by atoms with Gasteiger partial charge in [-0.15, -0.1) is 24.2 Å². The highest BCUT2D eigenvalue weighted by Crippen LogP contribution is 2.31. The van der Waals surface area contributed by atoms with E-state index in [0.717, 1.165) is 39.0 Å². The van der Waals surface area contributed by atoms with Crippen molar-refractivity contribution in [2.45, 2.75) is 37.5 Å². The minimum absolute atomic E-state index is 0. The highest BCUT2D eigenvalue weighted by molar-refractivity contribution is 7.99. The number of hydrogen-bond donors (Lipinski definition) is 1. The highest BCUT2D eigenvalue weighted by Gasteiger charge is 2.18. The summed E-state index contributed by atoms with van der Waals surface area (Å²) in [6, 6.07) is 8.84. The molecule has 0 radical (unpaired) electrons. The van der Waals surface area contributed by atoms with E-state index in [1.807, 2.05) is 11.8 Å². The lowest BCUT2D eigenvalue weighted by Crippen LogP contribution is -2.46.